The van der Waals surface area contributed by atoms with Crippen LogP contribution >= 0.6 is 0 Å². The Hall–Kier alpha value is -3.89. The number of hydrogen-bond donors (Lipinski definition) is 0. The first kappa shape index (κ1) is 27.9. The van der Waals surface area contributed by atoms with Gasteiger partial charge in [0, 0.05) is 54.2 Å². The van der Waals surface area contributed by atoms with Crippen molar-refractivity contribution < 1.29 is 18.3 Å². The van der Waals surface area contributed by atoms with Gasteiger partial charge in [-0.1, -0.05) is 6.08 Å². The Balaban J connectivity index is 1.37. The van der Waals surface area contributed by atoms with Gasteiger partial charge >= 0.3 is 0 Å². The van der Waals surface area contributed by atoms with Crippen molar-refractivity contribution in [2.75, 3.05) is 31.3 Å². The normalized spacial score (nSPS) is 19.1. The van der Waals surface area contributed by atoms with Crippen LogP contribution in [0.25, 0.3) is 27.6 Å². The largest absolute Gasteiger partial charge is 0.377 e. The Morgan fingerprint density at radius 1 is 1.07 bits per heavy atom. The summed E-state index contributed by atoms with van der Waals surface area (Å²) in [6.07, 6.45) is 7.93. The molecular formula is C33H35F2N5O3. The molecule has 8 nitrogen and oxygen atoms in total. The number of alkyl halides is 2. The molecule has 1 unspecified atom stereocenters. The second-order valence-electron chi connectivity index (χ2n) is 11.7. The molecule has 0 radical (unpaired) electrons. The van der Waals surface area contributed by atoms with Crippen LogP contribution in [0, 0.1) is 6.92 Å². The van der Waals surface area contributed by atoms with Crippen LogP contribution in [-0.2, 0) is 22.9 Å². The quantitative estimate of drug-likeness (QED) is 0.261. The minimum Gasteiger partial charge on any atom is -0.377 e. The second kappa shape index (κ2) is 11.3. The van der Waals surface area contributed by atoms with E-state index in [-0.39, 0.29) is 17.4 Å². The fraction of sp³-hybridized carbons (Fsp3) is 0.424. The molecule has 0 amide bonds. The van der Waals surface area contributed by atoms with Crippen molar-refractivity contribution in [2.24, 2.45) is 7.05 Å². The number of aromatic nitrogens is 4. The van der Waals surface area contributed by atoms with Gasteiger partial charge < -0.3 is 18.9 Å². The average Bonchev–Trinajstić information content (AvgIpc) is 3.54. The van der Waals surface area contributed by atoms with Gasteiger partial charge in [0.15, 0.2) is 0 Å². The molecule has 0 saturated carbocycles. The first-order chi connectivity index (χ1) is 20.9. The molecule has 7 rings (SSSR count). The van der Waals surface area contributed by atoms with Crippen molar-refractivity contribution in [3.8, 4) is 11.1 Å². The number of aryl methyl sites for hydroxylation is 3. The van der Waals surface area contributed by atoms with Crippen LogP contribution in [0.3, 0.4) is 0 Å². The SMILES string of the molecule is Cc1cc2c(N3CCCc4cc(-c5cnn(C6CCCCO6)c5)c(C(F)F)cc43)nc(C3=CCOCC3)cc2n(C)c1=O. The molecule has 224 valence electrons. The van der Waals surface area contributed by atoms with E-state index in [2.05, 4.69) is 10.00 Å². The first-order valence-corrected chi connectivity index (χ1v) is 15.1. The zero-order chi connectivity index (χ0) is 29.7. The minimum absolute atomic E-state index is 0.0362. The van der Waals surface area contributed by atoms with Gasteiger partial charge in [-0.3, -0.25) is 4.79 Å². The van der Waals surface area contributed by atoms with Gasteiger partial charge in [0.1, 0.15) is 12.0 Å². The predicted octanol–water partition coefficient (Wildman–Crippen LogP) is 6.63. The monoisotopic (exact) mass is 587 g/mol. The molecular weight excluding hydrogens is 552 g/mol. The van der Waals surface area contributed by atoms with E-state index in [1.807, 2.05) is 30.5 Å². The summed E-state index contributed by atoms with van der Waals surface area (Å²) < 4.78 is 44.3. The zero-order valence-corrected chi connectivity index (χ0v) is 24.5. The van der Waals surface area contributed by atoms with E-state index in [0.717, 1.165) is 65.5 Å². The molecule has 0 aliphatic carbocycles. The van der Waals surface area contributed by atoms with E-state index in [9.17, 15) is 13.6 Å². The number of fused-ring (bicyclic) bond motifs is 2. The number of hydrogen-bond acceptors (Lipinski definition) is 6. The van der Waals surface area contributed by atoms with Crippen molar-refractivity contribution >= 4 is 28.0 Å². The molecule has 3 aliphatic rings. The second-order valence-corrected chi connectivity index (χ2v) is 11.7. The summed E-state index contributed by atoms with van der Waals surface area (Å²) in [5.41, 5.74) is 5.97. The Kier molecular flexibility index (Phi) is 7.34. The fourth-order valence-corrected chi connectivity index (χ4v) is 6.59. The lowest BCUT2D eigenvalue weighted by molar-refractivity contribution is -0.0394. The smallest absolute Gasteiger partial charge is 0.264 e. The summed E-state index contributed by atoms with van der Waals surface area (Å²) in [4.78, 5) is 20.1. The van der Waals surface area contributed by atoms with Crippen LogP contribution in [0.4, 0.5) is 20.3 Å². The van der Waals surface area contributed by atoms with E-state index < -0.39 is 6.43 Å². The van der Waals surface area contributed by atoms with Crippen LogP contribution in [-0.4, -0.2) is 45.7 Å². The summed E-state index contributed by atoms with van der Waals surface area (Å²) in [7, 11) is 1.77. The lowest BCUT2D eigenvalue weighted by Crippen LogP contribution is -2.27. The van der Waals surface area contributed by atoms with Gasteiger partial charge in [-0.25, -0.2) is 18.4 Å². The van der Waals surface area contributed by atoms with Crippen LogP contribution in [0.1, 0.15) is 67.1 Å². The van der Waals surface area contributed by atoms with Gasteiger partial charge in [-0.05, 0) is 86.4 Å². The number of rotatable bonds is 5. The van der Waals surface area contributed by atoms with Crippen LogP contribution < -0.4 is 10.5 Å². The molecule has 10 heteroatoms. The molecule has 3 aromatic heterocycles. The maximum atomic E-state index is 14.7. The summed E-state index contributed by atoms with van der Waals surface area (Å²) in [6.45, 7) is 4.21. The topological polar surface area (TPSA) is 74.4 Å². The van der Waals surface area contributed by atoms with Gasteiger partial charge in [0.2, 0.25) is 0 Å². The molecule has 1 saturated heterocycles. The van der Waals surface area contributed by atoms with E-state index in [0.29, 0.717) is 55.3 Å². The van der Waals surface area contributed by atoms with Gasteiger partial charge in [0.25, 0.3) is 12.0 Å². The molecule has 1 aromatic carbocycles. The van der Waals surface area contributed by atoms with Gasteiger partial charge in [-0.2, -0.15) is 5.10 Å². The van der Waals surface area contributed by atoms with Gasteiger partial charge in [-0.15, -0.1) is 0 Å². The third-order valence-corrected chi connectivity index (χ3v) is 8.90. The standard InChI is InChI=1S/C33H35F2N5O3/c1-20-14-26-29(38(2)33(20)41)17-27(21-8-12-42-13-9-21)37-32(26)39-10-5-6-22-15-24(25(31(34)35)16-28(22)39)23-18-36-40(19-23)30-7-3-4-11-43-30/h8,14-19,30-31H,3-7,9-13H2,1-2H3. The van der Waals surface area contributed by atoms with Gasteiger partial charge in [0.05, 0.1) is 30.6 Å². The van der Waals surface area contributed by atoms with Crippen LogP contribution in [0.15, 0.2) is 47.5 Å². The van der Waals surface area contributed by atoms with E-state index in [1.54, 1.807) is 35.5 Å². The molecule has 0 spiro atoms. The summed E-state index contributed by atoms with van der Waals surface area (Å²) in [5.74, 6) is 0.676. The van der Waals surface area contributed by atoms with Crippen molar-refractivity contribution in [2.45, 2.75) is 58.1 Å². The van der Waals surface area contributed by atoms with Crippen molar-refractivity contribution in [1.82, 2.24) is 19.3 Å². The highest BCUT2D eigenvalue weighted by Crippen LogP contribution is 2.43. The Morgan fingerprint density at radius 3 is 2.72 bits per heavy atom. The maximum Gasteiger partial charge on any atom is 0.264 e. The number of benzene rings is 1. The summed E-state index contributed by atoms with van der Waals surface area (Å²) in [5, 5.41) is 5.31. The number of pyridine rings is 2. The minimum atomic E-state index is -2.68. The van der Waals surface area contributed by atoms with Crippen molar-refractivity contribution in [3.05, 3.63) is 75.5 Å². The van der Waals surface area contributed by atoms with Crippen molar-refractivity contribution in [1.29, 1.82) is 0 Å². The molecule has 6 heterocycles. The zero-order valence-electron chi connectivity index (χ0n) is 24.5. The molecule has 4 aromatic rings. The molecule has 1 atom stereocenters. The molecule has 3 aliphatic heterocycles. The predicted molar refractivity (Wildman–Crippen MR) is 162 cm³/mol. The van der Waals surface area contributed by atoms with Crippen LogP contribution in [0.5, 0.6) is 0 Å². The number of ether oxygens (including phenoxy) is 2. The number of anilines is 2. The first-order valence-electron chi connectivity index (χ1n) is 15.1. The number of halogens is 2. The van der Waals surface area contributed by atoms with Crippen LogP contribution in [0.2, 0.25) is 0 Å². The van der Waals surface area contributed by atoms with E-state index in [4.69, 9.17) is 14.5 Å². The molecule has 0 N–H and O–H groups in total. The Bertz CT molecular complexity index is 1790. The number of nitrogens with zero attached hydrogens (tertiary/aromatic N) is 5. The molecule has 1 fully saturated rings. The Morgan fingerprint density at radius 2 is 1.95 bits per heavy atom. The molecule has 0 bridgehead atoms. The lowest BCUT2D eigenvalue weighted by atomic mass is 9.93. The van der Waals surface area contributed by atoms with E-state index in [1.165, 1.54) is 0 Å². The van der Waals surface area contributed by atoms with E-state index >= 15 is 0 Å². The third-order valence-electron chi connectivity index (χ3n) is 8.90. The lowest BCUT2D eigenvalue weighted by Gasteiger charge is -2.33. The highest BCUT2D eigenvalue weighted by molar-refractivity contribution is 5.95. The molecule has 43 heavy (non-hydrogen) atoms. The third kappa shape index (κ3) is 5.06. The highest BCUT2D eigenvalue weighted by Gasteiger charge is 2.28. The fourth-order valence-electron chi connectivity index (χ4n) is 6.59. The average molecular weight is 588 g/mol. The van der Waals surface area contributed by atoms with Crippen molar-refractivity contribution in [3.63, 3.8) is 0 Å². The summed E-state index contributed by atoms with van der Waals surface area (Å²) in [6, 6.07) is 7.37. The summed E-state index contributed by atoms with van der Waals surface area (Å²) >= 11 is 0. The Labute approximate surface area is 248 Å². The maximum absolute atomic E-state index is 14.7. The highest BCUT2D eigenvalue weighted by atomic mass is 19.3.